The summed E-state index contributed by atoms with van der Waals surface area (Å²) in [5.74, 6) is 1.11. The first-order chi connectivity index (χ1) is 12.3. The highest BCUT2D eigenvalue weighted by atomic mass is 32.2. The Morgan fingerprint density at radius 3 is 2.23 bits per heavy atom. The number of aromatic amines is 1. The normalized spacial score (nSPS) is 11.3. The van der Waals surface area contributed by atoms with E-state index in [9.17, 15) is 8.42 Å². The van der Waals surface area contributed by atoms with Crippen molar-refractivity contribution in [3.63, 3.8) is 0 Å². The SMILES string of the molecule is COc1ccc(S(=O)(=O)c2c(C)cc(Nc3n[nH]c(N)n3)cc2C)cc1. The Labute approximate surface area is 151 Å². The maximum atomic E-state index is 13.0. The van der Waals surface area contributed by atoms with Crippen LogP contribution in [0.5, 0.6) is 5.75 Å². The van der Waals surface area contributed by atoms with Crippen LogP contribution in [0.15, 0.2) is 46.2 Å². The highest BCUT2D eigenvalue weighted by Crippen LogP contribution is 2.31. The fourth-order valence-corrected chi connectivity index (χ4v) is 4.47. The number of ether oxygens (including phenoxy) is 1. The predicted octanol–water partition coefficient (Wildman–Crippen LogP) is 2.59. The van der Waals surface area contributed by atoms with Gasteiger partial charge < -0.3 is 15.8 Å². The Balaban J connectivity index is 1.99. The molecule has 3 aromatic rings. The average Bonchev–Trinajstić information content (AvgIpc) is 2.99. The van der Waals surface area contributed by atoms with E-state index in [2.05, 4.69) is 20.5 Å². The van der Waals surface area contributed by atoms with Gasteiger partial charge in [0.1, 0.15) is 5.75 Å². The van der Waals surface area contributed by atoms with Crippen molar-refractivity contribution in [3.05, 3.63) is 47.5 Å². The Morgan fingerprint density at radius 1 is 1.12 bits per heavy atom. The fourth-order valence-electron chi connectivity index (χ4n) is 2.78. The van der Waals surface area contributed by atoms with Gasteiger partial charge in [-0.3, -0.25) is 0 Å². The van der Waals surface area contributed by atoms with Crippen LogP contribution >= 0.6 is 0 Å². The first-order valence-electron chi connectivity index (χ1n) is 7.76. The molecule has 2 aromatic carbocycles. The maximum Gasteiger partial charge on any atom is 0.248 e. The molecule has 0 aliphatic rings. The Hall–Kier alpha value is -3.07. The number of nitrogens with zero attached hydrogens (tertiary/aromatic N) is 2. The fraction of sp³-hybridized carbons (Fsp3) is 0.176. The van der Waals surface area contributed by atoms with Gasteiger partial charge in [-0.05, 0) is 61.4 Å². The van der Waals surface area contributed by atoms with Gasteiger partial charge in [-0.2, -0.15) is 4.98 Å². The van der Waals surface area contributed by atoms with Crippen molar-refractivity contribution in [2.45, 2.75) is 23.6 Å². The molecule has 4 N–H and O–H groups in total. The lowest BCUT2D eigenvalue weighted by atomic mass is 10.1. The number of rotatable bonds is 5. The Morgan fingerprint density at radius 2 is 1.73 bits per heavy atom. The second kappa shape index (κ2) is 6.68. The number of methoxy groups -OCH3 is 1. The summed E-state index contributed by atoms with van der Waals surface area (Å²) in [4.78, 5) is 4.47. The van der Waals surface area contributed by atoms with Gasteiger partial charge in [0.2, 0.25) is 21.7 Å². The van der Waals surface area contributed by atoms with Crippen LogP contribution in [0.25, 0.3) is 0 Å². The molecule has 0 spiro atoms. The molecule has 136 valence electrons. The standard InChI is InChI=1S/C17H19N5O3S/c1-10-8-12(19-17-20-16(18)21-22-17)9-11(2)15(10)26(23,24)14-6-4-13(25-3)5-7-14/h4-9H,1-3H3,(H4,18,19,20,21,22). The minimum absolute atomic E-state index is 0.194. The first-order valence-corrected chi connectivity index (χ1v) is 9.25. The van der Waals surface area contributed by atoms with Crippen LogP contribution in [0.2, 0.25) is 0 Å². The Bertz CT molecular complexity index is 1020. The van der Waals surface area contributed by atoms with Crippen LogP contribution in [0.4, 0.5) is 17.6 Å². The zero-order chi connectivity index (χ0) is 18.9. The van der Waals surface area contributed by atoms with Crippen LogP contribution in [0.3, 0.4) is 0 Å². The molecule has 0 saturated heterocycles. The molecule has 3 rings (SSSR count). The molecular formula is C17H19N5O3S. The number of nitrogens with one attached hydrogen (secondary N) is 2. The number of hydrogen-bond acceptors (Lipinski definition) is 7. The van der Waals surface area contributed by atoms with E-state index in [1.807, 2.05) is 0 Å². The van der Waals surface area contributed by atoms with E-state index in [-0.39, 0.29) is 15.7 Å². The van der Waals surface area contributed by atoms with Crippen molar-refractivity contribution in [1.82, 2.24) is 15.2 Å². The summed E-state index contributed by atoms with van der Waals surface area (Å²) in [6.07, 6.45) is 0. The zero-order valence-electron chi connectivity index (χ0n) is 14.6. The van der Waals surface area contributed by atoms with Crippen LogP contribution in [0.1, 0.15) is 11.1 Å². The van der Waals surface area contributed by atoms with Crippen molar-refractivity contribution >= 4 is 27.4 Å². The molecule has 0 fully saturated rings. The van der Waals surface area contributed by atoms with Crippen LogP contribution in [0, 0.1) is 13.8 Å². The number of H-pyrrole nitrogens is 1. The van der Waals surface area contributed by atoms with Gasteiger partial charge in [0.05, 0.1) is 16.9 Å². The van der Waals surface area contributed by atoms with Gasteiger partial charge in [-0.15, -0.1) is 5.10 Å². The predicted molar refractivity (Wildman–Crippen MR) is 98.4 cm³/mol. The van der Waals surface area contributed by atoms with Gasteiger partial charge in [0, 0.05) is 5.69 Å². The van der Waals surface area contributed by atoms with Crippen LogP contribution < -0.4 is 15.8 Å². The monoisotopic (exact) mass is 373 g/mol. The van der Waals surface area contributed by atoms with Crippen molar-refractivity contribution < 1.29 is 13.2 Å². The number of aryl methyl sites for hydroxylation is 2. The lowest BCUT2D eigenvalue weighted by Gasteiger charge is -2.14. The van der Waals surface area contributed by atoms with Crippen molar-refractivity contribution in [3.8, 4) is 5.75 Å². The Kier molecular flexibility index (Phi) is 4.56. The molecule has 0 aliphatic heterocycles. The molecule has 0 aliphatic carbocycles. The highest BCUT2D eigenvalue weighted by molar-refractivity contribution is 7.91. The van der Waals surface area contributed by atoms with Crippen molar-refractivity contribution in [1.29, 1.82) is 0 Å². The topological polar surface area (TPSA) is 123 Å². The van der Waals surface area contributed by atoms with Crippen molar-refractivity contribution in [2.24, 2.45) is 0 Å². The maximum absolute atomic E-state index is 13.0. The summed E-state index contributed by atoms with van der Waals surface area (Å²) in [5, 5.41) is 9.43. The first kappa shape index (κ1) is 17.7. The van der Waals surface area contributed by atoms with E-state index in [4.69, 9.17) is 10.5 Å². The molecule has 0 unspecified atom stereocenters. The molecule has 9 heteroatoms. The summed E-state index contributed by atoms with van der Waals surface area (Å²) in [7, 11) is -2.12. The molecule has 0 amide bonds. The highest BCUT2D eigenvalue weighted by Gasteiger charge is 2.23. The number of nitrogens with two attached hydrogens (primary N) is 1. The van der Waals surface area contributed by atoms with Gasteiger partial charge in [-0.1, -0.05) is 0 Å². The third-order valence-electron chi connectivity index (χ3n) is 3.86. The van der Waals surface area contributed by atoms with Gasteiger partial charge in [-0.25, -0.2) is 13.5 Å². The third kappa shape index (κ3) is 3.33. The lowest BCUT2D eigenvalue weighted by Crippen LogP contribution is -2.07. The van der Waals surface area contributed by atoms with E-state index < -0.39 is 9.84 Å². The van der Waals surface area contributed by atoms with E-state index >= 15 is 0 Å². The molecule has 0 radical (unpaired) electrons. The molecule has 8 nitrogen and oxygen atoms in total. The van der Waals surface area contributed by atoms with Gasteiger partial charge in [0.15, 0.2) is 0 Å². The second-order valence-electron chi connectivity index (χ2n) is 5.79. The molecule has 1 aromatic heterocycles. The second-order valence-corrected chi connectivity index (χ2v) is 7.67. The smallest absolute Gasteiger partial charge is 0.248 e. The summed E-state index contributed by atoms with van der Waals surface area (Å²) in [5.41, 5.74) is 7.41. The summed E-state index contributed by atoms with van der Waals surface area (Å²) >= 11 is 0. The average molecular weight is 373 g/mol. The number of sulfone groups is 1. The lowest BCUT2D eigenvalue weighted by molar-refractivity contribution is 0.414. The number of nitrogen functional groups attached to an aromatic ring is 1. The third-order valence-corrected chi connectivity index (χ3v) is 5.93. The van der Waals surface area contributed by atoms with Crippen LogP contribution in [-0.2, 0) is 9.84 Å². The number of aromatic nitrogens is 3. The zero-order valence-corrected chi connectivity index (χ0v) is 15.4. The largest absolute Gasteiger partial charge is 0.497 e. The summed E-state index contributed by atoms with van der Waals surface area (Å²) < 4.78 is 31.2. The molecule has 1 heterocycles. The molecular weight excluding hydrogens is 354 g/mol. The molecule has 0 saturated carbocycles. The summed E-state index contributed by atoms with van der Waals surface area (Å²) in [6.45, 7) is 3.50. The van der Waals surface area contributed by atoms with E-state index in [1.165, 1.54) is 19.2 Å². The minimum atomic E-state index is -3.65. The summed E-state index contributed by atoms with van der Waals surface area (Å²) in [6, 6.07) is 9.79. The quantitative estimate of drug-likeness (QED) is 0.628. The van der Waals surface area contributed by atoms with Gasteiger partial charge in [0.25, 0.3) is 0 Å². The number of anilines is 3. The molecule has 0 bridgehead atoms. The van der Waals surface area contributed by atoms with Crippen LogP contribution in [-0.4, -0.2) is 30.7 Å². The van der Waals surface area contributed by atoms with Crippen molar-refractivity contribution in [2.75, 3.05) is 18.2 Å². The number of benzene rings is 2. The molecule has 0 atom stereocenters. The van der Waals surface area contributed by atoms with Gasteiger partial charge >= 0.3 is 0 Å². The van der Waals surface area contributed by atoms with E-state index in [0.29, 0.717) is 28.5 Å². The minimum Gasteiger partial charge on any atom is -0.497 e. The number of hydrogen-bond donors (Lipinski definition) is 3. The van der Waals surface area contributed by atoms with E-state index in [0.717, 1.165) is 0 Å². The van der Waals surface area contributed by atoms with E-state index in [1.54, 1.807) is 38.1 Å². The molecule has 26 heavy (non-hydrogen) atoms.